The quantitative estimate of drug-likeness (QED) is 0.846. The Morgan fingerprint density at radius 1 is 1.47 bits per heavy atom. The van der Waals surface area contributed by atoms with Crippen molar-refractivity contribution in [2.45, 2.75) is 13.1 Å². The van der Waals surface area contributed by atoms with Gasteiger partial charge in [0.25, 0.3) is 0 Å². The van der Waals surface area contributed by atoms with Crippen LogP contribution in [0.25, 0.3) is 0 Å². The molecule has 1 N–H and O–H groups in total. The molecule has 0 aliphatic heterocycles. The number of carbonyl (C=O) groups is 1. The predicted octanol–water partition coefficient (Wildman–Crippen LogP) is 0.452. The average Bonchev–Trinajstić information content (AvgIpc) is 2.89. The lowest BCUT2D eigenvalue weighted by atomic mass is 10.3. The highest BCUT2D eigenvalue weighted by atomic mass is 16.5. The molecular formula is C12H13N3O4. The fourth-order valence-electron chi connectivity index (χ4n) is 1.72. The average molecular weight is 263 g/mol. The van der Waals surface area contributed by atoms with E-state index in [9.17, 15) is 9.59 Å². The van der Waals surface area contributed by atoms with E-state index in [0.29, 0.717) is 13.1 Å². The predicted molar refractivity (Wildman–Crippen MR) is 66.4 cm³/mol. The van der Waals surface area contributed by atoms with Crippen molar-refractivity contribution in [1.82, 2.24) is 14.1 Å². The Bertz CT molecular complexity index is 631. The van der Waals surface area contributed by atoms with Gasteiger partial charge in [-0.05, 0) is 0 Å². The Labute approximate surface area is 108 Å². The molecule has 0 amide bonds. The number of nitrogens with zero attached hydrogens (tertiary/aromatic N) is 3. The lowest BCUT2D eigenvalue weighted by Crippen LogP contribution is -2.19. The smallest absolute Gasteiger partial charge is 0.352 e. The van der Waals surface area contributed by atoms with E-state index in [1.54, 1.807) is 18.7 Å². The van der Waals surface area contributed by atoms with Crippen molar-refractivity contribution >= 4 is 5.97 Å². The second kappa shape index (κ2) is 5.38. The third-order valence-corrected chi connectivity index (χ3v) is 2.69. The fourth-order valence-corrected chi connectivity index (χ4v) is 1.72. The molecule has 0 spiro atoms. The molecule has 7 nitrogen and oxygen atoms in total. The minimum atomic E-state index is -1.15. The van der Waals surface area contributed by atoms with Crippen LogP contribution in [0.1, 0.15) is 10.5 Å². The molecule has 0 aromatic carbocycles. The van der Waals surface area contributed by atoms with Crippen molar-refractivity contribution in [3.05, 3.63) is 46.9 Å². The molecule has 7 heteroatoms. The number of imidazole rings is 1. The van der Waals surface area contributed by atoms with E-state index in [4.69, 9.17) is 9.84 Å². The molecule has 2 aromatic heterocycles. The number of aromatic nitrogens is 3. The van der Waals surface area contributed by atoms with E-state index >= 15 is 0 Å². The number of aryl methyl sites for hydroxylation is 2. The molecule has 2 rings (SSSR count). The number of aromatic carboxylic acids is 1. The van der Waals surface area contributed by atoms with Gasteiger partial charge in [0.15, 0.2) is 5.75 Å². The van der Waals surface area contributed by atoms with Crippen LogP contribution in [-0.2, 0) is 13.1 Å². The normalized spacial score (nSPS) is 10.4. The maximum absolute atomic E-state index is 11.5. The van der Waals surface area contributed by atoms with Crippen molar-refractivity contribution in [2.75, 3.05) is 7.11 Å². The minimum Gasteiger partial charge on any atom is -0.491 e. The van der Waals surface area contributed by atoms with Gasteiger partial charge in [-0.15, -0.1) is 0 Å². The number of ether oxygens (including phenoxy) is 1. The third kappa shape index (κ3) is 2.82. The van der Waals surface area contributed by atoms with Gasteiger partial charge in [-0.3, -0.25) is 4.79 Å². The molecule has 0 bridgehead atoms. The lowest BCUT2D eigenvalue weighted by molar-refractivity contribution is 0.0683. The summed E-state index contributed by atoms with van der Waals surface area (Å²) in [5.41, 5.74) is -0.510. The first-order chi connectivity index (χ1) is 9.11. The first kappa shape index (κ1) is 12.9. The molecule has 0 saturated heterocycles. The molecule has 0 fully saturated rings. The molecule has 2 aromatic rings. The summed E-state index contributed by atoms with van der Waals surface area (Å²) >= 11 is 0. The summed E-state index contributed by atoms with van der Waals surface area (Å²) in [7, 11) is 1.37. The second-order valence-corrected chi connectivity index (χ2v) is 3.89. The number of carboxylic acid groups (broad SMARTS) is 1. The molecule has 0 saturated carbocycles. The van der Waals surface area contributed by atoms with Crippen molar-refractivity contribution in [1.29, 1.82) is 0 Å². The summed E-state index contributed by atoms with van der Waals surface area (Å²) in [6, 6.07) is 1.06. The second-order valence-electron chi connectivity index (χ2n) is 3.89. The third-order valence-electron chi connectivity index (χ3n) is 2.69. The number of rotatable bonds is 5. The van der Waals surface area contributed by atoms with Crippen molar-refractivity contribution in [3.63, 3.8) is 0 Å². The first-order valence-electron chi connectivity index (χ1n) is 5.59. The van der Waals surface area contributed by atoms with Crippen LogP contribution in [-0.4, -0.2) is 32.3 Å². The monoisotopic (exact) mass is 263 g/mol. The Balaban J connectivity index is 2.31. The van der Waals surface area contributed by atoms with Crippen LogP contribution < -0.4 is 10.2 Å². The van der Waals surface area contributed by atoms with E-state index in [0.717, 1.165) is 6.07 Å². The lowest BCUT2D eigenvalue weighted by Gasteiger charge is -2.12. The Morgan fingerprint density at radius 3 is 2.84 bits per heavy atom. The topological polar surface area (TPSA) is 86.3 Å². The summed E-state index contributed by atoms with van der Waals surface area (Å²) in [6.07, 6.45) is 6.47. The SMILES string of the molecule is COc1cn(CCn2ccnc2)c(C(=O)O)cc1=O. The van der Waals surface area contributed by atoms with Gasteiger partial charge in [0.05, 0.1) is 19.6 Å². The molecule has 0 aliphatic carbocycles. The number of hydrogen-bond donors (Lipinski definition) is 1. The summed E-state index contributed by atoms with van der Waals surface area (Å²) < 4.78 is 8.20. The minimum absolute atomic E-state index is 0.0640. The van der Waals surface area contributed by atoms with Gasteiger partial charge >= 0.3 is 5.97 Å². The highest BCUT2D eigenvalue weighted by Crippen LogP contribution is 2.07. The molecule has 0 unspecified atom stereocenters. The molecule has 19 heavy (non-hydrogen) atoms. The van der Waals surface area contributed by atoms with Crippen LogP contribution in [0.15, 0.2) is 35.8 Å². The van der Waals surface area contributed by atoms with Crippen LogP contribution in [0.5, 0.6) is 5.75 Å². The standard InChI is InChI=1S/C12H13N3O4/c1-19-11-7-15(5-4-14-3-2-13-8-14)9(12(17)18)6-10(11)16/h2-3,6-8H,4-5H2,1H3,(H,17,18). The van der Waals surface area contributed by atoms with E-state index < -0.39 is 11.4 Å². The highest BCUT2D eigenvalue weighted by Gasteiger charge is 2.12. The zero-order chi connectivity index (χ0) is 13.8. The van der Waals surface area contributed by atoms with Gasteiger partial charge in [-0.1, -0.05) is 0 Å². The summed E-state index contributed by atoms with van der Waals surface area (Å²) in [4.78, 5) is 26.6. The Kier molecular flexibility index (Phi) is 3.65. The number of methoxy groups -OCH3 is 1. The largest absolute Gasteiger partial charge is 0.491 e. The van der Waals surface area contributed by atoms with Crippen LogP contribution in [0.2, 0.25) is 0 Å². The van der Waals surface area contributed by atoms with Crippen LogP contribution in [0, 0.1) is 0 Å². The molecule has 100 valence electrons. The van der Waals surface area contributed by atoms with Crippen molar-refractivity contribution < 1.29 is 14.6 Å². The summed E-state index contributed by atoms with van der Waals surface area (Å²) in [5.74, 6) is -1.03. The summed E-state index contributed by atoms with van der Waals surface area (Å²) in [5, 5.41) is 9.09. The summed E-state index contributed by atoms with van der Waals surface area (Å²) in [6.45, 7) is 0.945. The van der Waals surface area contributed by atoms with Gasteiger partial charge < -0.3 is 19.0 Å². The van der Waals surface area contributed by atoms with Gasteiger partial charge in [0.2, 0.25) is 5.43 Å². The molecule has 2 heterocycles. The number of carboxylic acids is 1. The Morgan fingerprint density at radius 2 is 2.26 bits per heavy atom. The van der Waals surface area contributed by atoms with Crippen LogP contribution in [0.4, 0.5) is 0 Å². The van der Waals surface area contributed by atoms with E-state index in [-0.39, 0.29) is 11.4 Å². The van der Waals surface area contributed by atoms with E-state index in [1.807, 2.05) is 4.57 Å². The maximum atomic E-state index is 11.5. The zero-order valence-electron chi connectivity index (χ0n) is 10.3. The molecular weight excluding hydrogens is 250 g/mol. The maximum Gasteiger partial charge on any atom is 0.352 e. The first-order valence-corrected chi connectivity index (χ1v) is 5.59. The number of pyridine rings is 1. The van der Waals surface area contributed by atoms with Gasteiger partial charge in [0, 0.05) is 31.5 Å². The van der Waals surface area contributed by atoms with Crippen molar-refractivity contribution in [3.8, 4) is 5.75 Å². The zero-order valence-corrected chi connectivity index (χ0v) is 10.3. The van der Waals surface area contributed by atoms with Crippen LogP contribution in [0.3, 0.4) is 0 Å². The molecule has 0 aliphatic rings. The van der Waals surface area contributed by atoms with Gasteiger partial charge in [-0.2, -0.15) is 0 Å². The molecule has 0 radical (unpaired) electrons. The van der Waals surface area contributed by atoms with Crippen molar-refractivity contribution in [2.24, 2.45) is 0 Å². The van der Waals surface area contributed by atoms with E-state index in [2.05, 4.69) is 4.98 Å². The molecule has 0 atom stereocenters. The number of hydrogen-bond acceptors (Lipinski definition) is 4. The van der Waals surface area contributed by atoms with Gasteiger partial charge in [-0.25, -0.2) is 9.78 Å². The van der Waals surface area contributed by atoms with Crippen LogP contribution >= 0.6 is 0 Å². The highest BCUT2D eigenvalue weighted by molar-refractivity contribution is 5.85. The fraction of sp³-hybridized carbons (Fsp3) is 0.250. The van der Waals surface area contributed by atoms with Gasteiger partial charge in [0.1, 0.15) is 5.69 Å². The Hall–Kier alpha value is -2.57. The van der Waals surface area contributed by atoms with E-state index in [1.165, 1.54) is 17.9 Å².